The van der Waals surface area contributed by atoms with Crippen LogP contribution in [0.4, 0.5) is 0 Å². The van der Waals surface area contributed by atoms with Gasteiger partial charge in [0.05, 0.1) is 24.7 Å². The van der Waals surface area contributed by atoms with E-state index in [1.54, 1.807) is 36.5 Å². The van der Waals surface area contributed by atoms with Gasteiger partial charge in [-0.15, -0.1) is 11.3 Å². The Morgan fingerprint density at radius 1 is 1.09 bits per heavy atom. The van der Waals surface area contributed by atoms with Crippen LogP contribution in [0.25, 0.3) is 10.2 Å². The third-order valence-electron chi connectivity index (χ3n) is 5.57. The maximum absolute atomic E-state index is 13.4. The average molecular weight is 488 g/mol. The van der Waals surface area contributed by atoms with Gasteiger partial charge in [-0.3, -0.25) is 18.6 Å². The van der Waals surface area contributed by atoms with Crippen LogP contribution in [0.2, 0.25) is 0 Å². The molecule has 1 saturated carbocycles. The molecule has 1 aliphatic rings. The van der Waals surface area contributed by atoms with Crippen LogP contribution < -0.4 is 16.0 Å². The number of hydrogen-bond donors (Lipinski definition) is 1. The summed E-state index contributed by atoms with van der Waals surface area (Å²) in [6.07, 6.45) is 9.34. The molecule has 1 fully saturated rings. The SMILES string of the molecule is Cn1cc(Cn2c(=O)c3cc(S(=O)(=O)NC4(C)CC4)sc3n(Cc3cncnc3)c2=O)cn1. The third-order valence-corrected chi connectivity index (χ3v) is 8.84. The molecule has 4 aromatic rings. The van der Waals surface area contributed by atoms with Crippen LogP contribution in [0.3, 0.4) is 0 Å². The van der Waals surface area contributed by atoms with Crippen LogP contribution in [0.1, 0.15) is 30.9 Å². The minimum Gasteiger partial charge on any atom is -0.280 e. The van der Waals surface area contributed by atoms with Gasteiger partial charge in [-0.25, -0.2) is 27.9 Å². The lowest BCUT2D eigenvalue weighted by Crippen LogP contribution is -2.40. The molecule has 4 heterocycles. The van der Waals surface area contributed by atoms with Gasteiger partial charge >= 0.3 is 5.69 Å². The Bertz CT molecular complexity index is 1580. The fourth-order valence-electron chi connectivity index (χ4n) is 3.58. The molecule has 13 heteroatoms. The largest absolute Gasteiger partial charge is 0.332 e. The summed E-state index contributed by atoms with van der Waals surface area (Å²) in [5, 5.41) is 4.26. The first kappa shape index (κ1) is 21.7. The van der Waals surface area contributed by atoms with E-state index < -0.39 is 26.8 Å². The van der Waals surface area contributed by atoms with Crippen LogP contribution in [0.15, 0.2) is 51.0 Å². The monoisotopic (exact) mass is 487 g/mol. The molecule has 0 radical (unpaired) electrons. The van der Waals surface area contributed by atoms with Crippen LogP contribution in [-0.2, 0) is 30.2 Å². The first-order valence-electron chi connectivity index (χ1n) is 10.2. The molecule has 11 nitrogen and oxygen atoms in total. The number of rotatable bonds is 7. The second kappa shape index (κ2) is 7.71. The van der Waals surface area contributed by atoms with Crippen molar-refractivity contribution in [2.75, 3.05) is 0 Å². The van der Waals surface area contributed by atoms with Crippen molar-refractivity contribution in [3.63, 3.8) is 0 Å². The molecular formula is C20H21N7O4S2. The van der Waals surface area contributed by atoms with Crippen LogP contribution in [-0.4, -0.2) is 42.8 Å². The number of aryl methyl sites for hydroxylation is 1. The predicted molar refractivity (Wildman–Crippen MR) is 122 cm³/mol. The number of thiophene rings is 1. The molecule has 1 aliphatic carbocycles. The van der Waals surface area contributed by atoms with E-state index in [0.29, 0.717) is 11.1 Å². The fourth-order valence-corrected chi connectivity index (χ4v) is 6.49. The lowest BCUT2D eigenvalue weighted by molar-refractivity contribution is 0.560. The maximum Gasteiger partial charge on any atom is 0.332 e. The number of fused-ring (bicyclic) bond motifs is 1. The Balaban J connectivity index is 1.69. The normalized spacial score (nSPS) is 15.2. The van der Waals surface area contributed by atoms with Gasteiger partial charge in [-0.1, -0.05) is 0 Å². The van der Waals surface area contributed by atoms with E-state index in [1.165, 1.54) is 17.0 Å². The topological polar surface area (TPSA) is 134 Å². The molecule has 0 atom stereocenters. The van der Waals surface area contributed by atoms with E-state index in [2.05, 4.69) is 19.8 Å². The molecular weight excluding hydrogens is 466 g/mol. The lowest BCUT2D eigenvalue weighted by Gasteiger charge is -2.11. The molecule has 5 rings (SSSR count). The highest BCUT2D eigenvalue weighted by atomic mass is 32.2. The highest BCUT2D eigenvalue weighted by Gasteiger charge is 2.41. The molecule has 0 spiro atoms. The quantitative estimate of drug-likeness (QED) is 0.405. The summed E-state index contributed by atoms with van der Waals surface area (Å²) >= 11 is 0.908. The second-order valence-electron chi connectivity index (χ2n) is 8.48. The Morgan fingerprint density at radius 3 is 2.42 bits per heavy atom. The summed E-state index contributed by atoms with van der Waals surface area (Å²) in [6, 6.07) is 1.35. The number of nitrogens with one attached hydrogen (secondary N) is 1. The number of aromatic nitrogens is 6. The highest BCUT2D eigenvalue weighted by molar-refractivity contribution is 7.91. The Hall–Kier alpha value is -3.16. The smallest absolute Gasteiger partial charge is 0.280 e. The Kier molecular flexibility index (Phi) is 5.06. The molecule has 4 aromatic heterocycles. The van der Waals surface area contributed by atoms with Gasteiger partial charge in [0.25, 0.3) is 15.6 Å². The van der Waals surface area contributed by atoms with E-state index >= 15 is 0 Å². The molecule has 0 bridgehead atoms. The van der Waals surface area contributed by atoms with Gasteiger partial charge in [0.2, 0.25) is 0 Å². The molecule has 172 valence electrons. The lowest BCUT2D eigenvalue weighted by atomic mass is 10.3. The van der Waals surface area contributed by atoms with Gasteiger partial charge in [0.1, 0.15) is 15.4 Å². The molecule has 0 aliphatic heterocycles. The molecule has 0 unspecified atom stereocenters. The summed E-state index contributed by atoms with van der Waals surface area (Å²) in [5.74, 6) is 0. The van der Waals surface area contributed by atoms with Crippen LogP contribution in [0, 0.1) is 0 Å². The molecule has 0 aromatic carbocycles. The zero-order valence-electron chi connectivity index (χ0n) is 17.9. The van der Waals surface area contributed by atoms with Crippen molar-refractivity contribution in [3.8, 4) is 0 Å². The second-order valence-corrected chi connectivity index (χ2v) is 11.4. The van der Waals surface area contributed by atoms with Gasteiger partial charge < -0.3 is 0 Å². The van der Waals surface area contributed by atoms with Crippen molar-refractivity contribution in [1.82, 2.24) is 33.6 Å². The summed E-state index contributed by atoms with van der Waals surface area (Å²) in [6.45, 7) is 1.94. The first-order chi connectivity index (χ1) is 15.7. The summed E-state index contributed by atoms with van der Waals surface area (Å²) < 4.78 is 32.7. The average Bonchev–Trinajstić information content (AvgIpc) is 3.15. The molecule has 0 amide bonds. The molecule has 33 heavy (non-hydrogen) atoms. The fraction of sp³-hybridized carbons (Fsp3) is 0.350. The number of sulfonamides is 1. The Morgan fingerprint density at radius 2 is 1.79 bits per heavy atom. The highest BCUT2D eigenvalue weighted by Crippen LogP contribution is 2.37. The van der Waals surface area contributed by atoms with E-state index in [0.717, 1.165) is 28.7 Å². The van der Waals surface area contributed by atoms with Gasteiger partial charge in [0, 0.05) is 42.3 Å². The molecule has 0 saturated heterocycles. The standard InChI is InChI=1S/C20H21N7O4S2/c1-20(3-4-20)24-33(30,31)16-5-15-17(28)26(11-14-8-23-25(2)9-14)19(29)27(18(15)32-16)10-13-6-21-12-22-7-13/h5-9,12,24H,3-4,10-11H2,1-2H3. The van der Waals surface area contributed by atoms with Crippen molar-refractivity contribution in [1.29, 1.82) is 0 Å². The first-order valence-corrected chi connectivity index (χ1v) is 12.5. The van der Waals surface area contributed by atoms with Crippen molar-refractivity contribution >= 4 is 31.6 Å². The van der Waals surface area contributed by atoms with Gasteiger partial charge in [0.15, 0.2) is 0 Å². The van der Waals surface area contributed by atoms with E-state index in [1.807, 2.05) is 6.92 Å². The van der Waals surface area contributed by atoms with Gasteiger partial charge in [-0.2, -0.15) is 5.10 Å². The summed E-state index contributed by atoms with van der Waals surface area (Å²) in [4.78, 5) is 35.0. The summed E-state index contributed by atoms with van der Waals surface area (Å²) in [5.41, 5.74) is -0.231. The van der Waals surface area contributed by atoms with Crippen molar-refractivity contribution in [3.05, 3.63) is 69.1 Å². The summed E-state index contributed by atoms with van der Waals surface area (Å²) in [7, 11) is -2.10. The maximum atomic E-state index is 13.4. The zero-order valence-corrected chi connectivity index (χ0v) is 19.6. The predicted octanol–water partition coefficient (Wildman–Crippen LogP) is 0.676. The van der Waals surface area contributed by atoms with Crippen molar-refractivity contribution < 1.29 is 8.42 Å². The van der Waals surface area contributed by atoms with Gasteiger partial charge in [-0.05, 0) is 25.8 Å². The zero-order chi connectivity index (χ0) is 23.4. The van der Waals surface area contributed by atoms with Crippen molar-refractivity contribution in [2.24, 2.45) is 7.05 Å². The Labute approximate surface area is 192 Å². The number of hydrogen-bond acceptors (Lipinski definition) is 8. The van der Waals surface area contributed by atoms with Crippen LogP contribution in [0.5, 0.6) is 0 Å². The van der Waals surface area contributed by atoms with E-state index in [-0.39, 0.29) is 27.5 Å². The van der Waals surface area contributed by atoms with Crippen molar-refractivity contribution in [2.45, 2.75) is 42.6 Å². The number of nitrogens with zero attached hydrogens (tertiary/aromatic N) is 6. The van der Waals surface area contributed by atoms with E-state index in [4.69, 9.17) is 0 Å². The molecule has 1 N–H and O–H groups in total. The minimum absolute atomic E-state index is 0.000635. The van der Waals surface area contributed by atoms with Crippen LogP contribution >= 0.6 is 11.3 Å². The van der Waals surface area contributed by atoms with E-state index in [9.17, 15) is 18.0 Å². The third kappa shape index (κ3) is 4.14. The minimum atomic E-state index is -3.84.